The van der Waals surface area contributed by atoms with Crippen molar-refractivity contribution in [3.63, 3.8) is 0 Å². The number of aromatic nitrogens is 2. The molecule has 0 aliphatic carbocycles. The lowest BCUT2D eigenvalue weighted by Gasteiger charge is -2.27. The van der Waals surface area contributed by atoms with Gasteiger partial charge in [0.1, 0.15) is 6.04 Å². The van der Waals surface area contributed by atoms with Crippen LogP contribution in [0.4, 0.5) is 0 Å². The summed E-state index contributed by atoms with van der Waals surface area (Å²) >= 11 is 0. The van der Waals surface area contributed by atoms with E-state index in [0.29, 0.717) is 6.42 Å². The number of imide groups is 1. The predicted octanol–water partition coefficient (Wildman–Crippen LogP) is 0.156. The van der Waals surface area contributed by atoms with Crippen LogP contribution >= 0.6 is 0 Å². The van der Waals surface area contributed by atoms with E-state index < -0.39 is 11.9 Å². The lowest BCUT2D eigenvalue weighted by Crippen LogP contribution is -2.44. The zero-order chi connectivity index (χ0) is 19.7. The second-order valence-corrected chi connectivity index (χ2v) is 7.70. The van der Waals surface area contributed by atoms with Crippen molar-refractivity contribution in [3.05, 3.63) is 34.2 Å². The highest BCUT2D eigenvalue weighted by Gasteiger charge is 2.31. The molecule has 0 spiro atoms. The van der Waals surface area contributed by atoms with Crippen LogP contribution in [0.3, 0.4) is 0 Å². The molecule has 0 radical (unpaired) electrons. The van der Waals surface area contributed by atoms with E-state index in [-0.39, 0.29) is 18.0 Å². The summed E-state index contributed by atoms with van der Waals surface area (Å²) in [5.74, 6) is -0.674. The lowest BCUT2D eigenvalue weighted by atomic mass is 10.1. The Hall–Kier alpha value is -2.45. The van der Waals surface area contributed by atoms with E-state index in [1.54, 1.807) is 11.6 Å². The van der Waals surface area contributed by atoms with Gasteiger partial charge in [0.25, 0.3) is 0 Å². The largest absolute Gasteiger partial charge is 0.329 e. The van der Waals surface area contributed by atoms with Crippen molar-refractivity contribution in [2.45, 2.75) is 31.7 Å². The molecule has 8 heteroatoms. The van der Waals surface area contributed by atoms with E-state index >= 15 is 0 Å². The van der Waals surface area contributed by atoms with Crippen LogP contribution in [-0.4, -0.2) is 58.6 Å². The molecule has 2 aliphatic rings. The topological polar surface area (TPSA) is 88.4 Å². The summed E-state index contributed by atoms with van der Waals surface area (Å²) in [4.78, 5) is 39.0. The first-order valence-corrected chi connectivity index (χ1v) is 10.0. The van der Waals surface area contributed by atoms with Crippen LogP contribution in [-0.2, 0) is 23.1 Å². The van der Waals surface area contributed by atoms with Crippen LogP contribution in [0.25, 0.3) is 11.0 Å². The number of hydrogen-bond acceptors (Lipinski definition) is 5. The summed E-state index contributed by atoms with van der Waals surface area (Å²) in [6.07, 6.45) is 2.64. The number of benzene rings is 1. The van der Waals surface area contributed by atoms with E-state index in [9.17, 15) is 14.4 Å². The van der Waals surface area contributed by atoms with Crippen LogP contribution in [0.15, 0.2) is 23.0 Å². The van der Waals surface area contributed by atoms with Gasteiger partial charge in [-0.25, -0.2) is 4.79 Å². The van der Waals surface area contributed by atoms with Gasteiger partial charge < -0.3 is 10.2 Å². The van der Waals surface area contributed by atoms with Crippen molar-refractivity contribution in [1.29, 1.82) is 0 Å². The molecule has 28 heavy (non-hydrogen) atoms. The minimum Gasteiger partial charge on any atom is -0.314 e. The van der Waals surface area contributed by atoms with E-state index in [4.69, 9.17) is 0 Å². The Kier molecular flexibility index (Phi) is 5.32. The molecule has 2 N–H and O–H groups in total. The minimum atomic E-state index is -0.632. The summed E-state index contributed by atoms with van der Waals surface area (Å²) in [7, 11) is 1.73. The Balaban J connectivity index is 1.53. The van der Waals surface area contributed by atoms with E-state index in [1.165, 1.54) is 10.1 Å². The van der Waals surface area contributed by atoms with Crippen LogP contribution in [0.1, 0.15) is 30.9 Å². The molecule has 1 unspecified atom stereocenters. The fourth-order valence-electron chi connectivity index (χ4n) is 4.24. The molecule has 150 valence electrons. The summed E-state index contributed by atoms with van der Waals surface area (Å²) in [6, 6.07) is 5.40. The molecule has 3 heterocycles. The molecule has 1 aromatic carbocycles. The van der Waals surface area contributed by atoms with Gasteiger partial charge in [-0.2, -0.15) is 0 Å². The number of piperidine rings is 1. The Bertz CT molecular complexity index is 955. The molecule has 2 saturated heterocycles. The molecule has 8 nitrogen and oxygen atoms in total. The number of nitrogens with zero attached hydrogens (tertiary/aromatic N) is 3. The number of carbonyl (C=O) groups excluding carboxylic acids is 2. The quantitative estimate of drug-likeness (QED) is 0.716. The van der Waals surface area contributed by atoms with Crippen molar-refractivity contribution in [2.24, 2.45) is 7.05 Å². The fraction of sp³-hybridized carbons (Fsp3) is 0.550. The van der Waals surface area contributed by atoms with Gasteiger partial charge in [0.15, 0.2) is 0 Å². The number of carbonyl (C=O) groups is 2. The third-order valence-corrected chi connectivity index (χ3v) is 5.82. The molecule has 2 amide bonds. The van der Waals surface area contributed by atoms with Crippen LogP contribution in [0.2, 0.25) is 0 Å². The van der Waals surface area contributed by atoms with Crippen molar-refractivity contribution < 1.29 is 9.59 Å². The average molecular weight is 385 g/mol. The molecular formula is C20H27N5O3. The zero-order valence-corrected chi connectivity index (χ0v) is 16.2. The number of amides is 2. The molecule has 2 aliphatic heterocycles. The van der Waals surface area contributed by atoms with Crippen molar-refractivity contribution >= 4 is 22.8 Å². The Morgan fingerprint density at radius 2 is 1.89 bits per heavy atom. The number of nitrogens with one attached hydrogen (secondary N) is 2. The minimum absolute atomic E-state index is 0.220. The number of fused-ring (bicyclic) bond motifs is 1. The number of piperazine rings is 1. The number of aryl methyl sites for hydroxylation is 2. The molecule has 2 aromatic rings. The molecule has 2 fully saturated rings. The van der Waals surface area contributed by atoms with Crippen LogP contribution in [0.5, 0.6) is 0 Å². The maximum Gasteiger partial charge on any atom is 0.329 e. The monoisotopic (exact) mass is 385 g/mol. The SMILES string of the molecule is Cn1c(=O)n(C2CCC(=O)NC2=O)c2ccc(CCCN3CCNCC3)cc21. The number of imidazole rings is 1. The van der Waals surface area contributed by atoms with Crippen molar-refractivity contribution in [2.75, 3.05) is 32.7 Å². The van der Waals surface area contributed by atoms with Gasteiger partial charge in [-0.3, -0.25) is 24.0 Å². The molecule has 1 aromatic heterocycles. The predicted molar refractivity (Wildman–Crippen MR) is 106 cm³/mol. The smallest absolute Gasteiger partial charge is 0.314 e. The van der Waals surface area contributed by atoms with Crippen LogP contribution in [0, 0.1) is 0 Å². The molecule has 1 atom stereocenters. The first kappa shape index (κ1) is 18.9. The second kappa shape index (κ2) is 7.89. The first-order valence-electron chi connectivity index (χ1n) is 10.0. The number of rotatable bonds is 5. The summed E-state index contributed by atoms with van der Waals surface area (Å²) in [5.41, 5.74) is 2.54. The van der Waals surface area contributed by atoms with Gasteiger partial charge >= 0.3 is 5.69 Å². The van der Waals surface area contributed by atoms with E-state index in [1.807, 2.05) is 12.1 Å². The van der Waals surface area contributed by atoms with Gasteiger partial charge in [0, 0.05) is 39.6 Å². The zero-order valence-electron chi connectivity index (χ0n) is 16.2. The van der Waals surface area contributed by atoms with E-state index in [2.05, 4.69) is 21.6 Å². The van der Waals surface area contributed by atoms with Crippen molar-refractivity contribution in [3.8, 4) is 0 Å². The normalized spacial score (nSPS) is 21.2. The fourth-order valence-corrected chi connectivity index (χ4v) is 4.24. The number of hydrogen-bond donors (Lipinski definition) is 2. The second-order valence-electron chi connectivity index (χ2n) is 7.70. The van der Waals surface area contributed by atoms with Gasteiger partial charge in [-0.1, -0.05) is 6.07 Å². The molecule has 4 rings (SSSR count). The van der Waals surface area contributed by atoms with Gasteiger partial charge in [0.2, 0.25) is 11.8 Å². The highest BCUT2D eigenvalue weighted by Crippen LogP contribution is 2.24. The lowest BCUT2D eigenvalue weighted by molar-refractivity contribution is -0.135. The summed E-state index contributed by atoms with van der Waals surface area (Å²) in [6.45, 7) is 5.39. The Morgan fingerprint density at radius 1 is 1.11 bits per heavy atom. The van der Waals surface area contributed by atoms with E-state index in [0.717, 1.165) is 56.6 Å². The maximum absolute atomic E-state index is 12.8. The Labute approximate surface area is 163 Å². The highest BCUT2D eigenvalue weighted by atomic mass is 16.2. The molecule has 0 saturated carbocycles. The average Bonchev–Trinajstić information content (AvgIpc) is 2.94. The van der Waals surface area contributed by atoms with Gasteiger partial charge in [-0.15, -0.1) is 0 Å². The molecule has 0 bridgehead atoms. The van der Waals surface area contributed by atoms with Crippen LogP contribution < -0.4 is 16.3 Å². The Morgan fingerprint density at radius 3 is 2.64 bits per heavy atom. The molecular weight excluding hydrogens is 358 g/mol. The highest BCUT2D eigenvalue weighted by molar-refractivity contribution is 6.00. The van der Waals surface area contributed by atoms with Gasteiger partial charge in [0.05, 0.1) is 11.0 Å². The summed E-state index contributed by atoms with van der Waals surface area (Å²) < 4.78 is 3.13. The van der Waals surface area contributed by atoms with Gasteiger partial charge in [-0.05, 0) is 43.5 Å². The third kappa shape index (κ3) is 3.62. The third-order valence-electron chi connectivity index (χ3n) is 5.82. The first-order chi connectivity index (χ1) is 13.5. The maximum atomic E-state index is 12.8. The summed E-state index contributed by atoms with van der Waals surface area (Å²) in [5, 5.41) is 5.71. The van der Waals surface area contributed by atoms with Crippen molar-refractivity contribution in [1.82, 2.24) is 24.7 Å². The standard InChI is InChI=1S/C20H27N5O3/c1-23-17-13-14(3-2-10-24-11-8-21-9-12-24)4-5-15(17)25(20(23)28)16-6-7-18(26)22-19(16)27/h4-5,13,16,21H,2-3,6-12H2,1H3,(H,22,26,27).